The molecule has 2 aromatic rings. The minimum atomic E-state index is -3.90. The van der Waals surface area contributed by atoms with Crippen LogP contribution in [0.15, 0.2) is 53.4 Å². The topological polar surface area (TPSA) is 139 Å². The average Bonchev–Trinajstić information content (AvgIpc) is 2.82. The summed E-state index contributed by atoms with van der Waals surface area (Å²) in [5.41, 5.74) is 0.390. The van der Waals surface area contributed by atoms with Gasteiger partial charge in [0.05, 0.1) is 48.4 Å². The maximum absolute atomic E-state index is 12.8. The van der Waals surface area contributed by atoms with E-state index in [1.807, 2.05) is 0 Å². The van der Waals surface area contributed by atoms with Gasteiger partial charge in [0.25, 0.3) is 0 Å². The van der Waals surface area contributed by atoms with Gasteiger partial charge in [-0.2, -0.15) is 4.31 Å². The number of carbonyl (C=O) groups is 2. The fourth-order valence-corrected chi connectivity index (χ4v) is 5.59. The molecule has 0 aromatic heterocycles. The van der Waals surface area contributed by atoms with Crippen molar-refractivity contribution in [2.24, 2.45) is 0 Å². The minimum Gasteiger partial charge on any atom is -0.465 e. The molecule has 1 saturated heterocycles. The standard InChI is InChI=1S/C21H25N3O8S2/c1-31-21(26)18-5-3-4-6-19(18)22-20(25)15-24(33(2,27)28)16-7-9-17(10-8-16)34(29,30)23-11-13-32-14-12-23/h3-10H,11-15H2,1-2H3,(H,22,25). The molecular weight excluding hydrogens is 486 g/mol. The lowest BCUT2D eigenvalue weighted by Crippen LogP contribution is -2.40. The zero-order chi connectivity index (χ0) is 24.9. The Bertz CT molecular complexity index is 1260. The first kappa shape index (κ1) is 25.6. The SMILES string of the molecule is COC(=O)c1ccccc1NC(=O)CN(c1ccc(S(=O)(=O)N2CCOCC2)cc1)S(C)(=O)=O. The number of carbonyl (C=O) groups excluding carboxylic acids is 2. The maximum atomic E-state index is 12.8. The van der Waals surface area contributed by atoms with Gasteiger partial charge in [-0.3, -0.25) is 9.10 Å². The summed E-state index contributed by atoms with van der Waals surface area (Å²) in [7, 11) is -6.45. The number of amides is 1. The first-order chi connectivity index (χ1) is 16.0. The van der Waals surface area contributed by atoms with Crippen molar-refractivity contribution < 1.29 is 35.9 Å². The lowest BCUT2D eigenvalue weighted by Gasteiger charge is -2.26. The molecule has 3 rings (SSSR count). The number of hydrogen-bond acceptors (Lipinski definition) is 8. The Morgan fingerprint density at radius 1 is 1.03 bits per heavy atom. The lowest BCUT2D eigenvalue weighted by atomic mass is 10.2. The van der Waals surface area contributed by atoms with Crippen LogP contribution in [-0.2, 0) is 34.3 Å². The number of ether oxygens (including phenoxy) is 2. The summed E-state index contributed by atoms with van der Waals surface area (Å²) < 4.78 is 62.4. The normalized spacial score (nSPS) is 14.9. The lowest BCUT2D eigenvalue weighted by molar-refractivity contribution is -0.114. The van der Waals surface area contributed by atoms with Gasteiger partial charge in [-0.25, -0.2) is 21.6 Å². The fourth-order valence-electron chi connectivity index (χ4n) is 3.32. The minimum absolute atomic E-state index is 0.00283. The van der Waals surface area contributed by atoms with Crippen LogP contribution in [0.5, 0.6) is 0 Å². The highest BCUT2D eigenvalue weighted by Gasteiger charge is 2.27. The molecule has 11 nitrogen and oxygen atoms in total. The molecule has 0 radical (unpaired) electrons. The van der Waals surface area contributed by atoms with E-state index < -0.39 is 38.5 Å². The second-order valence-electron chi connectivity index (χ2n) is 7.37. The zero-order valence-electron chi connectivity index (χ0n) is 18.6. The van der Waals surface area contributed by atoms with Crippen LogP contribution in [0.2, 0.25) is 0 Å². The highest BCUT2D eigenvalue weighted by atomic mass is 32.2. The number of morpholine rings is 1. The Kier molecular flexibility index (Phi) is 7.92. The summed E-state index contributed by atoms with van der Waals surface area (Å²) in [4.78, 5) is 24.6. The highest BCUT2D eigenvalue weighted by Crippen LogP contribution is 2.23. The summed E-state index contributed by atoms with van der Waals surface area (Å²) in [6.07, 6.45) is 0.932. The van der Waals surface area contributed by atoms with Crippen LogP contribution in [0, 0.1) is 0 Å². The van der Waals surface area contributed by atoms with Gasteiger partial charge in [0.15, 0.2) is 0 Å². The predicted octanol–water partition coefficient (Wildman–Crippen LogP) is 0.899. The monoisotopic (exact) mass is 511 g/mol. The number of benzene rings is 2. The van der Waals surface area contributed by atoms with E-state index in [0.717, 1.165) is 10.6 Å². The maximum Gasteiger partial charge on any atom is 0.339 e. The Balaban J connectivity index is 1.81. The van der Waals surface area contributed by atoms with E-state index in [4.69, 9.17) is 4.74 Å². The summed E-state index contributed by atoms with van der Waals surface area (Å²) in [5.74, 6) is -1.36. The van der Waals surface area contributed by atoms with Gasteiger partial charge in [-0.1, -0.05) is 12.1 Å². The third kappa shape index (κ3) is 5.91. The third-order valence-electron chi connectivity index (χ3n) is 5.03. The van der Waals surface area contributed by atoms with Crippen molar-refractivity contribution in [3.05, 3.63) is 54.1 Å². The molecule has 184 valence electrons. The van der Waals surface area contributed by atoms with E-state index in [2.05, 4.69) is 10.1 Å². The van der Waals surface area contributed by atoms with Crippen LogP contribution in [-0.4, -0.2) is 79.2 Å². The van der Waals surface area contributed by atoms with Crippen LogP contribution in [0.25, 0.3) is 0 Å². The second-order valence-corrected chi connectivity index (χ2v) is 11.2. The van der Waals surface area contributed by atoms with E-state index in [0.29, 0.717) is 13.2 Å². The third-order valence-corrected chi connectivity index (χ3v) is 8.08. The van der Waals surface area contributed by atoms with Gasteiger partial charge in [0, 0.05) is 13.1 Å². The Hall–Kier alpha value is -3.00. The number of para-hydroxylation sites is 1. The van der Waals surface area contributed by atoms with Crippen molar-refractivity contribution in [3.8, 4) is 0 Å². The predicted molar refractivity (Wildman–Crippen MR) is 125 cm³/mol. The molecule has 1 heterocycles. The number of anilines is 2. The quantitative estimate of drug-likeness (QED) is 0.516. The molecule has 0 saturated carbocycles. The first-order valence-corrected chi connectivity index (χ1v) is 13.5. The molecule has 2 aromatic carbocycles. The van der Waals surface area contributed by atoms with E-state index in [9.17, 15) is 26.4 Å². The average molecular weight is 512 g/mol. The number of esters is 1. The molecule has 1 aliphatic heterocycles. The molecule has 0 atom stereocenters. The fraction of sp³-hybridized carbons (Fsp3) is 0.333. The summed E-state index contributed by atoms with van der Waals surface area (Å²) >= 11 is 0. The summed E-state index contributed by atoms with van der Waals surface area (Å²) in [6, 6.07) is 11.4. The Morgan fingerprint density at radius 3 is 2.24 bits per heavy atom. The van der Waals surface area contributed by atoms with Crippen LogP contribution >= 0.6 is 0 Å². The number of sulfonamides is 2. The molecule has 1 fully saturated rings. The van der Waals surface area contributed by atoms with E-state index in [1.54, 1.807) is 12.1 Å². The number of nitrogens with zero attached hydrogens (tertiary/aromatic N) is 2. The smallest absolute Gasteiger partial charge is 0.339 e. The van der Waals surface area contributed by atoms with Crippen LogP contribution in [0.1, 0.15) is 10.4 Å². The van der Waals surface area contributed by atoms with Gasteiger partial charge in [0.1, 0.15) is 6.54 Å². The molecule has 13 heteroatoms. The molecule has 1 aliphatic rings. The number of nitrogens with one attached hydrogen (secondary N) is 1. The molecule has 0 spiro atoms. The van der Waals surface area contributed by atoms with Crippen molar-refractivity contribution in [3.63, 3.8) is 0 Å². The van der Waals surface area contributed by atoms with Crippen LogP contribution in [0.3, 0.4) is 0 Å². The van der Waals surface area contributed by atoms with Crippen molar-refractivity contribution in [2.75, 3.05) is 55.8 Å². The molecule has 0 unspecified atom stereocenters. The molecule has 1 N–H and O–H groups in total. The van der Waals surface area contributed by atoms with Crippen molar-refractivity contribution in [1.82, 2.24) is 4.31 Å². The van der Waals surface area contributed by atoms with Gasteiger partial charge < -0.3 is 14.8 Å². The van der Waals surface area contributed by atoms with Gasteiger partial charge >= 0.3 is 5.97 Å². The van der Waals surface area contributed by atoms with Crippen LogP contribution < -0.4 is 9.62 Å². The number of hydrogen-bond donors (Lipinski definition) is 1. The largest absolute Gasteiger partial charge is 0.465 e. The Labute approximate surface area is 198 Å². The van der Waals surface area contributed by atoms with E-state index >= 15 is 0 Å². The van der Waals surface area contributed by atoms with E-state index in [1.165, 1.54) is 47.8 Å². The summed E-state index contributed by atoms with van der Waals surface area (Å²) in [6.45, 7) is 0.463. The van der Waals surface area contributed by atoms with Gasteiger partial charge in [-0.05, 0) is 36.4 Å². The van der Waals surface area contributed by atoms with Crippen LogP contribution in [0.4, 0.5) is 11.4 Å². The van der Waals surface area contributed by atoms with Crippen molar-refractivity contribution in [1.29, 1.82) is 0 Å². The molecule has 34 heavy (non-hydrogen) atoms. The molecule has 0 bridgehead atoms. The van der Waals surface area contributed by atoms with E-state index in [-0.39, 0.29) is 34.9 Å². The van der Waals surface area contributed by atoms with Crippen molar-refractivity contribution >= 4 is 43.3 Å². The molecule has 0 aliphatic carbocycles. The number of methoxy groups -OCH3 is 1. The van der Waals surface area contributed by atoms with Gasteiger partial charge in [-0.15, -0.1) is 0 Å². The second kappa shape index (κ2) is 10.5. The highest BCUT2D eigenvalue weighted by molar-refractivity contribution is 7.92. The van der Waals surface area contributed by atoms with Gasteiger partial charge in [0.2, 0.25) is 26.0 Å². The zero-order valence-corrected chi connectivity index (χ0v) is 20.3. The Morgan fingerprint density at radius 2 is 1.65 bits per heavy atom. The number of rotatable bonds is 8. The first-order valence-electron chi connectivity index (χ1n) is 10.2. The molecular formula is C21H25N3O8S2. The molecule has 1 amide bonds. The summed E-state index contributed by atoms with van der Waals surface area (Å²) in [5, 5.41) is 2.52. The van der Waals surface area contributed by atoms with Crippen molar-refractivity contribution in [2.45, 2.75) is 4.90 Å².